The van der Waals surface area contributed by atoms with Crippen molar-refractivity contribution in [2.75, 3.05) is 6.61 Å². The van der Waals surface area contributed by atoms with E-state index in [-0.39, 0.29) is 29.3 Å². The van der Waals surface area contributed by atoms with Crippen LogP contribution in [0.3, 0.4) is 0 Å². The fourth-order valence-corrected chi connectivity index (χ4v) is 17.2. The number of Topliss-reactive ketones (excluding diaryl/α,β-unsaturated/α-hetero) is 1. The topological polar surface area (TPSA) is 52.6 Å². The van der Waals surface area contributed by atoms with E-state index in [4.69, 9.17) is 44.0 Å². The number of ether oxygens (including phenoxy) is 1. The summed E-state index contributed by atoms with van der Waals surface area (Å²) in [5, 5.41) is 0. The van der Waals surface area contributed by atoms with E-state index in [0.717, 1.165) is 44.9 Å². The molecule has 0 radical (unpaired) electrons. The van der Waals surface area contributed by atoms with Crippen LogP contribution in [0.25, 0.3) is 0 Å². The highest BCUT2D eigenvalue weighted by Gasteiger charge is 2.63. The molecule has 8 heteroatoms. The van der Waals surface area contributed by atoms with Crippen LogP contribution in [0.1, 0.15) is 127 Å². The molecule has 4 aliphatic rings. The van der Waals surface area contributed by atoms with Crippen LogP contribution in [0.4, 0.5) is 0 Å². The van der Waals surface area contributed by atoms with Gasteiger partial charge in [-0.15, -0.1) is 0 Å². The third kappa shape index (κ3) is 6.93. The lowest BCUT2D eigenvalue weighted by Crippen LogP contribution is -2.58. The Morgan fingerprint density at radius 1 is 0.907 bits per heavy atom. The average Bonchev–Trinajstić information content (AvgIpc) is 3.26. The van der Waals surface area contributed by atoms with Crippen LogP contribution in [0.2, 0.25) is 16.6 Å². The summed E-state index contributed by atoms with van der Waals surface area (Å²) in [6.07, 6.45) is 10.1. The van der Waals surface area contributed by atoms with Gasteiger partial charge in [-0.25, -0.2) is 0 Å². The second kappa shape index (κ2) is 13.4. The van der Waals surface area contributed by atoms with E-state index in [0.29, 0.717) is 64.5 Å². The van der Waals surface area contributed by atoms with E-state index < -0.39 is 12.1 Å². The molecule has 248 valence electrons. The van der Waals surface area contributed by atoms with Crippen LogP contribution < -0.4 is 0 Å². The molecule has 0 spiro atoms. The predicted molar refractivity (Wildman–Crippen MR) is 181 cm³/mol. The highest BCUT2D eigenvalue weighted by molar-refractivity contribution is 6.77. The summed E-state index contributed by atoms with van der Waals surface area (Å²) in [6.45, 7) is 21.3. The number of rotatable bonds is 10. The highest BCUT2D eigenvalue weighted by Crippen LogP contribution is 2.68. The van der Waals surface area contributed by atoms with E-state index in [9.17, 15) is 9.59 Å². The number of hydrogen-bond acceptors (Lipinski definition) is 4. The lowest BCUT2D eigenvalue weighted by Gasteiger charge is -2.61. The minimum atomic E-state index is -1.95. The van der Waals surface area contributed by atoms with Gasteiger partial charge in [0.1, 0.15) is 12.4 Å². The Morgan fingerprint density at radius 3 is 2.07 bits per heavy atom. The van der Waals surface area contributed by atoms with Crippen molar-refractivity contribution in [2.24, 2.45) is 46.3 Å². The fourth-order valence-electron chi connectivity index (χ4n) is 11.5. The molecule has 4 saturated carbocycles. The van der Waals surface area contributed by atoms with Crippen molar-refractivity contribution < 1.29 is 18.8 Å². The number of carbonyl (C=O) groups is 2. The van der Waals surface area contributed by atoms with E-state index in [1.165, 1.54) is 12.8 Å². The van der Waals surface area contributed by atoms with Crippen LogP contribution in [-0.2, 0) is 18.8 Å². The van der Waals surface area contributed by atoms with Crippen molar-refractivity contribution in [3.63, 3.8) is 0 Å². The number of hydrogen-bond donors (Lipinski definition) is 0. The second-order valence-corrected chi connectivity index (χ2v) is 24.4. The van der Waals surface area contributed by atoms with Gasteiger partial charge in [-0.2, -0.15) is 0 Å². The second-order valence-electron chi connectivity index (χ2n) is 16.5. The summed E-state index contributed by atoms with van der Waals surface area (Å²) in [6, 6.07) is 0. The molecule has 43 heavy (non-hydrogen) atoms. The standard InChI is InChI=1S/C35H59Cl3O4Si/c1-21(2)43(22(3)4,23(5)6)42-26-14-16-33(8)25(18-26)19-30(39)32-28-12-11-27(34(28,9)17-15-29(32)33)24(7)10-13-31(40)41-20-35(36,37)38/h21-29,32H,10-20H2,1-9H3/t24-,25+,26-,27-,28+,29+,32+,33+,34-/m1/s1. The Balaban J connectivity index is 1.43. The van der Waals surface area contributed by atoms with Crippen LogP contribution in [0.15, 0.2) is 0 Å². The summed E-state index contributed by atoms with van der Waals surface area (Å²) in [4.78, 5) is 26.5. The normalized spacial score (nSPS) is 37.3. The Labute approximate surface area is 278 Å². The summed E-state index contributed by atoms with van der Waals surface area (Å²) in [5.74, 6) is 2.71. The molecule has 4 fully saturated rings. The van der Waals surface area contributed by atoms with Crippen molar-refractivity contribution >= 4 is 54.9 Å². The number of esters is 1. The maximum atomic E-state index is 14.1. The van der Waals surface area contributed by atoms with E-state index in [1.807, 2.05) is 0 Å². The monoisotopic (exact) mass is 676 g/mol. The number of ketones is 1. The largest absolute Gasteiger partial charge is 0.461 e. The SMILES string of the molecule is CC(C)[Si](O[C@@H]1CC[C@@]2(C)[C@H](CC(=O)[C@@H]3[C@@H]2CC[C@]2(C)[C@@H]([C@H](C)CCC(=O)OCC(Cl)(Cl)Cl)CC[C@@H]32)C1)(C(C)C)C(C)C. The van der Waals surface area contributed by atoms with Crippen molar-refractivity contribution in [1.29, 1.82) is 0 Å². The number of carbonyl (C=O) groups excluding carboxylic acids is 2. The van der Waals surface area contributed by atoms with Gasteiger partial charge >= 0.3 is 5.97 Å². The van der Waals surface area contributed by atoms with Gasteiger partial charge in [0.2, 0.25) is 12.1 Å². The maximum absolute atomic E-state index is 14.1. The smallest absolute Gasteiger partial charge is 0.305 e. The third-order valence-electron chi connectivity index (χ3n) is 13.5. The molecule has 0 amide bonds. The minimum Gasteiger partial charge on any atom is -0.461 e. The first kappa shape index (κ1) is 36.0. The van der Waals surface area contributed by atoms with Crippen LogP contribution >= 0.6 is 34.8 Å². The summed E-state index contributed by atoms with van der Waals surface area (Å²) in [5.41, 5.74) is 2.13. The zero-order valence-electron chi connectivity index (χ0n) is 28.3. The van der Waals surface area contributed by atoms with Gasteiger partial charge in [-0.1, -0.05) is 97.1 Å². The molecular weight excluding hydrogens is 619 g/mol. The van der Waals surface area contributed by atoms with Gasteiger partial charge < -0.3 is 9.16 Å². The fraction of sp³-hybridized carbons (Fsp3) is 0.943. The summed E-state index contributed by atoms with van der Waals surface area (Å²) in [7, 11) is -1.95. The molecule has 0 saturated heterocycles. The van der Waals surface area contributed by atoms with Gasteiger partial charge in [0.05, 0.1) is 0 Å². The predicted octanol–water partition coefficient (Wildman–Crippen LogP) is 10.7. The van der Waals surface area contributed by atoms with E-state index in [2.05, 4.69) is 62.3 Å². The Bertz CT molecular complexity index is 990. The molecule has 0 aromatic heterocycles. The zero-order valence-corrected chi connectivity index (χ0v) is 31.6. The first-order valence-corrected chi connectivity index (χ1v) is 20.6. The molecule has 0 aromatic carbocycles. The Morgan fingerprint density at radius 2 is 1.49 bits per heavy atom. The van der Waals surface area contributed by atoms with E-state index >= 15 is 0 Å². The average molecular weight is 678 g/mol. The lowest BCUT2D eigenvalue weighted by molar-refractivity contribution is -0.160. The molecule has 0 aliphatic heterocycles. The number of alkyl halides is 3. The molecule has 4 nitrogen and oxygen atoms in total. The van der Waals surface area contributed by atoms with Gasteiger partial charge in [-0.05, 0) is 108 Å². The molecule has 0 unspecified atom stereocenters. The Hall–Kier alpha value is 0.187. The number of fused-ring (bicyclic) bond motifs is 5. The van der Waals surface area contributed by atoms with Crippen molar-refractivity contribution in [2.45, 2.75) is 153 Å². The van der Waals surface area contributed by atoms with Crippen molar-refractivity contribution in [3.8, 4) is 0 Å². The van der Waals surface area contributed by atoms with Crippen molar-refractivity contribution in [3.05, 3.63) is 0 Å². The van der Waals surface area contributed by atoms with Gasteiger partial charge in [-0.3, -0.25) is 9.59 Å². The van der Waals surface area contributed by atoms with Gasteiger partial charge in [0.25, 0.3) is 0 Å². The van der Waals surface area contributed by atoms with Crippen LogP contribution in [0, 0.1) is 46.3 Å². The summed E-state index contributed by atoms with van der Waals surface area (Å²) >= 11 is 17.2. The molecule has 0 N–H and O–H groups in total. The van der Waals surface area contributed by atoms with Crippen LogP contribution in [-0.4, -0.2) is 36.6 Å². The van der Waals surface area contributed by atoms with Crippen molar-refractivity contribution in [1.82, 2.24) is 0 Å². The molecule has 0 bridgehead atoms. The molecular formula is C35H59Cl3O4Si. The first-order valence-electron chi connectivity index (χ1n) is 17.3. The third-order valence-corrected chi connectivity index (χ3v) is 19.9. The molecule has 0 aromatic rings. The first-order chi connectivity index (χ1) is 19.9. The van der Waals surface area contributed by atoms with Crippen LogP contribution in [0.5, 0.6) is 0 Å². The maximum Gasteiger partial charge on any atom is 0.305 e. The molecule has 9 atom stereocenters. The highest BCUT2D eigenvalue weighted by atomic mass is 35.6. The summed E-state index contributed by atoms with van der Waals surface area (Å²) < 4.78 is 10.9. The van der Waals surface area contributed by atoms with E-state index in [1.54, 1.807) is 0 Å². The van der Waals surface area contributed by atoms with Gasteiger partial charge in [0, 0.05) is 24.9 Å². The van der Waals surface area contributed by atoms with Gasteiger partial charge in [0.15, 0.2) is 0 Å². The molecule has 4 rings (SSSR count). The minimum absolute atomic E-state index is 0.151. The molecule has 0 heterocycles. The number of halogens is 3. The zero-order chi connectivity index (χ0) is 32.1. The quantitative estimate of drug-likeness (QED) is 0.131. The molecule has 4 aliphatic carbocycles. The lowest BCUT2D eigenvalue weighted by atomic mass is 9.44. The Kier molecular flexibility index (Phi) is 11.2.